The van der Waals surface area contributed by atoms with Gasteiger partial charge in [0.25, 0.3) is 0 Å². The quantitative estimate of drug-likeness (QED) is 0.877. The monoisotopic (exact) mass is 237 g/mol. The van der Waals surface area contributed by atoms with Crippen LogP contribution >= 0.6 is 0 Å². The van der Waals surface area contributed by atoms with Crippen molar-refractivity contribution in [2.24, 2.45) is 5.73 Å². The Kier molecular flexibility index (Phi) is 3.67. The summed E-state index contributed by atoms with van der Waals surface area (Å²) in [5, 5.41) is 0. The fourth-order valence-electron chi connectivity index (χ4n) is 2.92. The van der Waals surface area contributed by atoms with Gasteiger partial charge in [-0.25, -0.2) is 4.39 Å². The molecule has 0 unspecified atom stereocenters. The van der Waals surface area contributed by atoms with E-state index in [-0.39, 0.29) is 11.2 Å². The van der Waals surface area contributed by atoms with Gasteiger partial charge in [0.1, 0.15) is 11.6 Å². The molecule has 1 aromatic rings. The van der Waals surface area contributed by atoms with Crippen molar-refractivity contribution in [2.45, 2.75) is 37.5 Å². The van der Waals surface area contributed by atoms with Crippen LogP contribution in [0.25, 0.3) is 0 Å². The third-order valence-electron chi connectivity index (χ3n) is 3.94. The summed E-state index contributed by atoms with van der Waals surface area (Å²) in [7, 11) is 1.59. The first-order valence-corrected chi connectivity index (χ1v) is 6.26. The van der Waals surface area contributed by atoms with Crippen LogP contribution in [0.3, 0.4) is 0 Å². The molecule has 1 aliphatic carbocycles. The van der Waals surface area contributed by atoms with Crippen LogP contribution in [-0.4, -0.2) is 13.7 Å². The van der Waals surface area contributed by atoms with Gasteiger partial charge in [0.05, 0.1) is 7.11 Å². The van der Waals surface area contributed by atoms with Gasteiger partial charge in [0, 0.05) is 23.6 Å². The van der Waals surface area contributed by atoms with E-state index in [1.807, 2.05) is 6.07 Å². The summed E-state index contributed by atoms with van der Waals surface area (Å²) in [6, 6.07) is 4.80. The second kappa shape index (κ2) is 5.05. The van der Waals surface area contributed by atoms with Crippen LogP contribution in [0.4, 0.5) is 4.39 Å². The van der Waals surface area contributed by atoms with Gasteiger partial charge in [-0.15, -0.1) is 0 Å². The van der Waals surface area contributed by atoms with Crippen LogP contribution in [0, 0.1) is 5.82 Å². The Hall–Kier alpha value is -1.09. The topological polar surface area (TPSA) is 35.2 Å². The normalized spacial score (nSPS) is 19.0. The van der Waals surface area contributed by atoms with Crippen LogP contribution in [0.2, 0.25) is 0 Å². The van der Waals surface area contributed by atoms with Gasteiger partial charge < -0.3 is 10.5 Å². The lowest BCUT2D eigenvalue weighted by atomic mass is 9.69. The Bertz CT molecular complexity index is 386. The van der Waals surface area contributed by atoms with Crippen molar-refractivity contribution in [3.8, 4) is 5.75 Å². The molecular weight excluding hydrogens is 217 g/mol. The van der Waals surface area contributed by atoms with E-state index >= 15 is 0 Å². The van der Waals surface area contributed by atoms with Crippen LogP contribution in [0.5, 0.6) is 5.75 Å². The zero-order valence-corrected chi connectivity index (χ0v) is 10.3. The Balaban J connectivity index is 2.42. The van der Waals surface area contributed by atoms with E-state index in [1.54, 1.807) is 7.11 Å². The first kappa shape index (κ1) is 12.4. The lowest BCUT2D eigenvalue weighted by Crippen LogP contribution is -2.37. The molecular formula is C14H20FNO. The molecule has 0 aliphatic heterocycles. The Labute approximate surface area is 102 Å². The van der Waals surface area contributed by atoms with Gasteiger partial charge in [-0.1, -0.05) is 25.3 Å². The molecule has 1 aromatic carbocycles. The summed E-state index contributed by atoms with van der Waals surface area (Å²) in [4.78, 5) is 0. The van der Waals surface area contributed by atoms with E-state index in [0.29, 0.717) is 12.3 Å². The Morgan fingerprint density at radius 2 is 2.00 bits per heavy atom. The lowest BCUT2D eigenvalue weighted by Gasteiger charge is -2.37. The SMILES string of the molecule is COc1cc(F)ccc1C1(CN)CCCCC1. The van der Waals surface area contributed by atoms with Gasteiger partial charge in [0.15, 0.2) is 0 Å². The molecule has 0 amide bonds. The van der Waals surface area contributed by atoms with Crippen LogP contribution in [0.1, 0.15) is 37.7 Å². The average molecular weight is 237 g/mol. The summed E-state index contributed by atoms with van der Waals surface area (Å²) < 4.78 is 18.5. The minimum atomic E-state index is -0.256. The van der Waals surface area contributed by atoms with Crippen molar-refractivity contribution in [3.63, 3.8) is 0 Å². The zero-order chi connectivity index (χ0) is 12.3. The molecule has 0 spiro atoms. The largest absolute Gasteiger partial charge is 0.496 e. The molecule has 1 fully saturated rings. The van der Waals surface area contributed by atoms with Crippen LogP contribution in [0.15, 0.2) is 18.2 Å². The number of nitrogens with two attached hydrogens (primary N) is 1. The summed E-state index contributed by atoms with van der Waals surface area (Å²) in [5.41, 5.74) is 7.04. The highest BCUT2D eigenvalue weighted by Gasteiger charge is 2.34. The predicted molar refractivity (Wildman–Crippen MR) is 66.8 cm³/mol. The molecule has 3 heteroatoms. The maximum Gasteiger partial charge on any atom is 0.126 e. The Morgan fingerprint density at radius 3 is 2.59 bits per heavy atom. The van der Waals surface area contributed by atoms with Crippen molar-refractivity contribution in [1.82, 2.24) is 0 Å². The molecule has 2 N–H and O–H groups in total. The molecule has 0 aromatic heterocycles. The minimum Gasteiger partial charge on any atom is -0.496 e. The maximum atomic E-state index is 13.2. The Morgan fingerprint density at radius 1 is 1.29 bits per heavy atom. The van der Waals surface area contributed by atoms with Crippen molar-refractivity contribution in [3.05, 3.63) is 29.6 Å². The average Bonchev–Trinajstić information content (AvgIpc) is 2.39. The number of hydrogen-bond donors (Lipinski definition) is 1. The van der Waals surface area contributed by atoms with Gasteiger partial charge in [-0.05, 0) is 18.9 Å². The van der Waals surface area contributed by atoms with E-state index in [0.717, 1.165) is 18.4 Å². The van der Waals surface area contributed by atoms with E-state index in [1.165, 1.54) is 31.4 Å². The van der Waals surface area contributed by atoms with Gasteiger partial charge in [-0.2, -0.15) is 0 Å². The molecule has 0 heterocycles. The van der Waals surface area contributed by atoms with Crippen molar-refractivity contribution in [2.75, 3.05) is 13.7 Å². The molecule has 0 atom stereocenters. The third kappa shape index (κ3) is 2.29. The molecule has 17 heavy (non-hydrogen) atoms. The van der Waals surface area contributed by atoms with Gasteiger partial charge in [-0.3, -0.25) is 0 Å². The highest BCUT2D eigenvalue weighted by molar-refractivity contribution is 5.41. The fourth-order valence-corrected chi connectivity index (χ4v) is 2.92. The van der Waals surface area contributed by atoms with Gasteiger partial charge >= 0.3 is 0 Å². The summed E-state index contributed by atoms with van der Waals surface area (Å²) in [6.45, 7) is 0.606. The summed E-state index contributed by atoms with van der Waals surface area (Å²) >= 11 is 0. The lowest BCUT2D eigenvalue weighted by molar-refractivity contribution is 0.287. The molecule has 2 nitrogen and oxygen atoms in total. The van der Waals surface area contributed by atoms with Crippen LogP contribution in [-0.2, 0) is 5.41 Å². The first-order valence-electron chi connectivity index (χ1n) is 6.26. The number of hydrogen-bond acceptors (Lipinski definition) is 2. The van der Waals surface area contributed by atoms with E-state index in [9.17, 15) is 4.39 Å². The first-order chi connectivity index (χ1) is 8.22. The number of methoxy groups -OCH3 is 1. The number of halogens is 1. The molecule has 1 saturated carbocycles. The fraction of sp³-hybridized carbons (Fsp3) is 0.571. The second-order valence-electron chi connectivity index (χ2n) is 4.89. The molecule has 0 bridgehead atoms. The van der Waals surface area contributed by atoms with Crippen molar-refractivity contribution < 1.29 is 9.13 Å². The van der Waals surface area contributed by atoms with Crippen molar-refractivity contribution >= 4 is 0 Å². The summed E-state index contributed by atoms with van der Waals surface area (Å²) in [6.07, 6.45) is 5.80. The van der Waals surface area contributed by atoms with E-state index in [4.69, 9.17) is 10.5 Å². The second-order valence-corrected chi connectivity index (χ2v) is 4.89. The van der Waals surface area contributed by atoms with Gasteiger partial charge in [0.2, 0.25) is 0 Å². The summed E-state index contributed by atoms with van der Waals surface area (Å²) in [5.74, 6) is 0.380. The molecule has 2 rings (SSSR count). The minimum absolute atomic E-state index is 0.0166. The smallest absolute Gasteiger partial charge is 0.126 e. The highest BCUT2D eigenvalue weighted by atomic mass is 19.1. The van der Waals surface area contributed by atoms with E-state index < -0.39 is 0 Å². The number of benzene rings is 1. The zero-order valence-electron chi connectivity index (χ0n) is 10.3. The molecule has 1 aliphatic rings. The van der Waals surface area contributed by atoms with Crippen molar-refractivity contribution in [1.29, 1.82) is 0 Å². The number of ether oxygens (including phenoxy) is 1. The third-order valence-corrected chi connectivity index (χ3v) is 3.94. The predicted octanol–water partition coefficient (Wildman–Crippen LogP) is 2.99. The molecule has 0 saturated heterocycles. The van der Waals surface area contributed by atoms with E-state index in [2.05, 4.69) is 0 Å². The van der Waals surface area contributed by atoms with Crippen LogP contribution < -0.4 is 10.5 Å². The standard InChI is InChI=1S/C14H20FNO/c1-17-13-9-11(15)5-6-12(13)14(10-16)7-3-2-4-8-14/h5-6,9H,2-4,7-8,10,16H2,1H3. The molecule has 94 valence electrons. The highest BCUT2D eigenvalue weighted by Crippen LogP contribution is 2.42. The number of rotatable bonds is 3. The molecule has 0 radical (unpaired) electrons. The maximum absolute atomic E-state index is 13.2.